The number of nitrogens with zero attached hydrogens (tertiary/aromatic N) is 1. The number of ether oxygens (including phenoxy) is 1. The van der Waals surface area contributed by atoms with Gasteiger partial charge in [-0.15, -0.1) is 0 Å². The average molecular weight is 356 g/mol. The minimum Gasteiger partial charge on any atom is -0.480 e. The maximum absolute atomic E-state index is 12.2. The van der Waals surface area contributed by atoms with Crippen LogP contribution in [-0.4, -0.2) is 37.4 Å². The number of sulfonamides is 1. The lowest BCUT2D eigenvalue weighted by Crippen LogP contribution is -2.31. The van der Waals surface area contributed by atoms with E-state index in [2.05, 4.69) is 0 Å². The second-order valence-corrected chi connectivity index (χ2v) is 7.16. The summed E-state index contributed by atoms with van der Waals surface area (Å²) in [4.78, 5) is 10.6. The predicted molar refractivity (Wildman–Crippen MR) is 85.4 cm³/mol. The summed E-state index contributed by atoms with van der Waals surface area (Å²) in [5, 5.41) is 9.27. The summed E-state index contributed by atoms with van der Waals surface area (Å²) >= 11 is 5.78. The van der Waals surface area contributed by atoms with Gasteiger partial charge in [0.15, 0.2) is 0 Å². The smallest absolute Gasteiger partial charge is 0.318 e. The highest BCUT2D eigenvalue weighted by molar-refractivity contribution is 7.89. The first-order chi connectivity index (χ1) is 10.8. The Bertz CT molecular complexity index is 788. The zero-order valence-corrected chi connectivity index (χ0v) is 13.7. The van der Waals surface area contributed by atoms with E-state index in [0.717, 1.165) is 4.31 Å². The number of hydrogen-bond donors (Lipinski definition) is 1. The molecule has 0 spiro atoms. The Morgan fingerprint density at radius 3 is 2.04 bits per heavy atom. The van der Waals surface area contributed by atoms with Crippen molar-refractivity contribution < 1.29 is 23.1 Å². The number of halogens is 1. The molecule has 0 saturated heterocycles. The van der Waals surface area contributed by atoms with Crippen molar-refractivity contribution in [2.75, 3.05) is 13.6 Å². The highest BCUT2D eigenvalue weighted by Gasteiger charge is 2.22. The lowest BCUT2D eigenvalue weighted by atomic mass is 10.3. The fourth-order valence-electron chi connectivity index (χ4n) is 1.77. The van der Waals surface area contributed by atoms with Gasteiger partial charge in [-0.05, 0) is 48.5 Å². The molecule has 0 bridgehead atoms. The summed E-state index contributed by atoms with van der Waals surface area (Å²) in [7, 11) is -2.64. The van der Waals surface area contributed by atoms with Crippen molar-refractivity contribution in [3.63, 3.8) is 0 Å². The maximum atomic E-state index is 12.2. The van der Waals surface area contributed by atoms with E-state index in [0.29, 0.717) is 16.5 Å². The van der Waals surface area contributed by atoms with Crippen molar-refractivity contribution in [3.8, 4) is 11.5 Å². The molecule has 2 aromatic rings. The molecule has 23 heavy (non-hydrogen) atoms. The highest BCUT2D eigenvalue weighted by atomic mass is 35.5. The Hall–Kier alpha value is -2.09. The van der Waals surface area contributed by atoms with Gasteiger partial charge < -0.3 is 9.84 Å². The van der Waals surface area contributed by atoms with Gasteiger partial charge in [-0.1, -0.05) is 11.6 Å². The Labute approximate surface area is 138 Å². The molecule has 1 N–H and O–H groups in total. The van der Waals surface area contributed by atoms with Crippen LogP contribution in [0.15, 0.2) is 53.4 Å². The van der Waals surface area contributed by atoms with Gasteiger partial charge in [-0.3, -0.25) is 4.79 Å². The molecule has 2 aromatic carbocycles. The molecule has 0 saturated carbocycles. The molecule has 0 aliphatic carbocycles. The molecule has 0 amide bonds. The first-order valence-electron chi connectivity index (χ1n) is 6.50. The van der Waals surface area contributed by atoms with E-state index in [4.69, 9.17) is 21.4 Å². The number of hydrogen-bond acceptors (Lipinski definition) is 4. The van der Waals surface area contributed by atoms with Crippen LogP contribution >= 0.6 is 11.6 Å². The summed E-state index contributed by atoms with van der Waals surface area (Å²) in [5.41, 5.74) is 0. The van der Waals surface area contributed by atoms with Gasteiger partial charge in [-0.2, -0.15) is 4.31 Å². The molecule has 6 nitrogen and oxygen atoms in total. The summed E-state index contributed by atoms with van der Waals surface area (Å²) in [5.74, 6) is -0.209. The van der Waals surface area contributed by atoms with E-state index in [1.165, 1.54) is 31.3 Å². The van der Waals surface area contributed by atoms with Crippen LogP contribution in [0.1, 0.15) is 0 Å². The quantitative estimate of drug-likeness (QED) is 0.861. The number of likely N-dealkylation sites (N-methyl/N-ethyl adjacent to an activating group) is 1. The number of benzene rings is 2. The highest BCUT2D eigenvalue weighted by Crippen LogP contribution is 2.25. The molecule has 0 aliphatic heterocycles. The van der Waals surface area contributed by atoms with Gasteiger partial charge in [-0.25, -0.2) is 8.42 Å². The summed E-state index contributed by atoms with van der Waals surface area (Å²) in [6, 6.07) is 12.4. The Morgan fingerprint density at radius 1 is 1.09 bits per heavy atom. The number of carboxylic acids is 1. The third kappa shape index (κ3) is 4.44. The molecule has 0 heterocycles. The fraction of sp³-hybridized carbons (Fsp3) is 0.133. The third-order valence-electron chi connectivity index (χ3n) is 2.94. The van der Waals surface area contributed by atoms with Crippen molar-refractivity contribution >= 4 is 27.6 Å². The van der Waals surface area contributed by atoms with E-state index in [1.54, 1.807) is 24.3 Å². The minimum absolute atomic E-state index is 0.00953. The molecule has 0 aliphatic rings. The number of aliphatic carboxylic acids is 1. The number of rotatable bonds is 6. The monoisotopic (exact) mass is 355 g/mol. The van der Waals surface area contributed by atoms with Crippen molar-refractivity contribution in [2.45, 2.75) is 4.90 Å². The van der Waals surface area contributed by atoms with Crippen LogP contribution in [0.5, 0.6) is 11.5 Å². The molecule has 122 valence electrons. The number of carbonyl (C=O) groups is 1. The van der Waals surface area contributed by atoms with Gasteiger partial charge >= 0.3 is 5.97 Å². The Balaban J connectivity index is 2.15. The van der Waals surface area contributed by atoms with E-state index >= 15 is 0 Å². The zero-order chi connectivity index (χ0) is 17.0. The van der Waals surface area contributed by atoms with Gasteiger partial charge in [0.05, 0.1) is 4.90 Å². The molecule has 0 unspecified atom stereocenters. The van der Waals surface area contributed by atoms with E-state index < -0.39 is 22.5 Å². The molecule has 0 atom stereocenters. The van der Waals surface area contributed by atoms with Crippen molar-refractivity contribution in [2.24, 2.45) is 0 Å². The zero-order valence-electron chi connectivity index (χ0n) is 12.1. The van der Waals surface area contributed by atoms with Crippen LogP contribution in [0.3, 0.4) is 0 Å². The van der Waals surface area contributed by atoms with Gasteiger partial charge in [0, 0.05) is 12.1 Å². The standard InChI is InChI=1S/C15H14ClNO5S/c1-17(10-15(18)19)23(20,21)14-8-6-13(7-9-14)22-12-4-2-11(16)3-5-12/h2-9H,10H2,1H3,(H,18,19). The van der Waals surface area contributed by atoms with Gasteiger partial charge in [0.25, 0.3) is 0 Å². The normalized spacial score (nSPS) is 11.4. The largest absolute Gasteiger partial charge is 0.480 e. The van der Waals surface area contributed by atoms with Gasteiger partial charge in [0.1, 0.15) is 18.0 Å². The molecule has 0 radical (unpaired) electrons. The average Bonchev–Trinajstić information content (AvgIpc) is 2.49. The second kappa shape index (κ2) is 6.99. The third-order valence-corrected chi connectivity index (χ3v) is 5.01. The van der Waals surface area contributed by atoms with E-state index in [1.807, 2.05) is 0 Å². The van der Waals surface area contributed by atoms with Crippen LogP contribution in [0.2, 0.25) is 5.02 Å². The SMILES string of the molecule is CN(CC(=O)O)S(=O)(=O)c1ccc(Oc2ccc(Cl)cc2)cc1. The van der Waals surface area contributed by atoms with Crippen molar-refractivity contribution in [1.29, 1.82) is 0 Å². The topological polar surface area (TPSA) is 83.9 Å². The molecular formula is C15H14ClNO5S. The summed E-state index contributed by atoms with van der Waals surface area (Å²) < 4.78 is 30.7. The number of carboxylic acid groups (broad SMARTS) is 1. The van der Waals surface area contributed by atoms with Crippen LogP contribution < -0.4 is 4.74 Å². The van der Waals surface area contributed by atoms with Crippen LogP contribution in [0, 0.1) is 0 Å². The minimum atomic E-state index is -3.85. The maximum Gasteiger partial charge on any atom is 0.318 e. The van der Waals surface area contributed by atoms with Gasteiger partial charge in [0.2, 0.25) is 10.0 Å². The van der Waals surface area contributed by atoms with Crippen LogP contribution in [0.25, 0.3) is 0 Å². The molecule has 0 fully saturated rings. The summed E-state index contributed by atoms with van der Waals surface area (Å²) in [6.45, 7) is -0.606. The molecule has 8 heteroatoms. The first kappa shape index (κ1) is 17.3. The summed E-state index contributed by atoms with van der Waals surface area (Å²) in [6.07, 6.45) is 0. The second-order valence-electron chi connectivity index (χ2n) is 4.68. The molecule has 2 rings (SSSR count). The molecular weight excluding hydrogens is 342 g/mol. The predicted octanol–water partition coefficient (Wildman–Crippen LogP) is 2.84. The van der Waals surface area contributed by atoms with Crippen molar-refractivity contribution in [3.05, 3.63) is 53.6 Å². The van der Waals surface area contributed by atoms with E-state index in [-0.39, 0.29) is 4.90 Å². The fourth-order valence-corrected chi connectivity index (χ4v) is 3.02. The Morgan fingerprint density at radius 2 is 1.57 bits per heavy atom. The lowest BCUT2D eigenvalue weighted by Gasteiger charge is -2.15. The molecule has 0 aromatic heterocycles. The van der Waals surface area contributed by atoms with Crippen molar-refractivity contribution in [1.82, 2.24) is 4.31 Å². The van der Waals surface area contributed by atoms with Crippen LogP contribution in [-0.2, 0) is 14.8 Å². The first-order valence-corrected chi connectivity index (χ1v) is 8.32. The van der Waals surface area contributed by atoms with Crippen LogP contribution in [0.4, 0.5) is 0 Å². The lowest BCUT2D eigenvalue weighted by molar-refractivity contribution is -0.137. The van der Waals surface area contributed by atoms with E-state index in [9.17, 15) is 13.2 Å². The Kier molecular flexibility index (Phi) is 5.25.